The molecule has 7 nitrogen and oxygen atoms in total. The summed E-state index contributed by atoms with van der Waals surface area (Å²) >= 11 is 0. The maximum atomic E-state index is 12.7. The molecule has 1 heterocycles. The number of carbonyl (C=O) groups excluding carboxylic acids is 4. The average Bonchev–Trinajstić information content (AvgIpc) is 2.98. The molecule has 0 bridgehead atoms. The van der Waals surface area contributed by atoms with Crippen LogP contribution in [-0.2, 0) is 25.6 Å². The highest BCUT2D eigenvalue weighted by molar-refractivity contribution is 6.12. The molecular weight excluding hydrogens is 370 g/mol. The molecule has 0 aromatic heterocycles. The van der Waals surface area contributed by atoms with Crippen LogP contribution in [0.1, 0.15) is 32.8 Å². The quantitative estimate of drug-likeness (QED) is 0.577. The smallest absolute Gasteiger partial charge is 0.253 e. The number of carbonyl (C=O) groups is 4. The van der Waals surface area contributed by atoms with Gasteiger partial charge >= 0.3 is 0 Å². The number of rotatable bonds is 10. The second kappa shape index (κ2) is 10.1. The van der Waals surface area contributed by atoms with E-state index in [4.69, 9.17) is 0 Å². The number of hydrogen-bond donors (Lipinski definition) is 2. The van der Waals surface area contributed by atoms with E-state index in [1.165, 1.54) is 12.2 Å². The van der Waals surface area contributed by atoms with E-state index in [9.17, 15) is 19.2 Å². The molecule has 0 saturated carbocycles. The van der Waals surface area contributed by atoms with Crippen molar-refractivity contribution in [3.8, 4) is 0 Å². The van der Waals surface area contributed by atoms with Gasteiger partial charge in [0.1, 0.15) is 5.78 Å². The molecule has 1 aromatic rings. The van der Waals surface area contributed by atoms with Crippen molar-refractivity contribution in [2.24, 2.45) is 5.92 Å². The Bertz CT molecular complexity index is 763. The molecule has 3 amide bonds. The average molecular weight is 399 g/mol. The van der Waals surface area contributed by atoms with E-state index in [1.807, 2.05) is 51.1 Å². The van der Waals surface area contributed by atoms with Crippen LogP contribution in [0.3, 0.4) is 0 Å². The number of benzene rings is 1. The first-order chi connectivity index (χ1) is 13.7. The topological polar surface area (TPSA) is 95.6 Å². The Morgan fingerprint density at radius 2 is 1.66 bits per heavy atom. The Morgan fingerprint density at radius 3 is 2.24 bits per heavy atom. The normalized spacial score (nSPS) is 14.9. The number of nitrogens with one attached hydrogen (secondary N) is 2. The Labute approximate surface area is 171 Å². The molecular formula is C22H29N3O4. The summed E-state index contributed by atoms with van der Waals surface area (Å²) < 4.78 is 0. The highest BCUT2D eigenvalue weighted by Crippen LogP contribution is 2.14. The number of Topliss-reactive ketones (excluding diaryl/α,β-unsaturated/α-hetero) is 1. The van der Waals surface area contributed by atoms with Crippen LogP contribution in [0.5, 0.6) is 0 Å². The molecule has 1 aliphatic heterocycles. The summed E-state index contributed by atoms with van der Waals surface area (Å²) in [7, 11) is 0. The summed E-state index contributed by atoms with van der Waals surface area (Å²) in [6, 6.07) is 9.53. The van der Waals surface area contributed by atoms with Gasteiger partial charge in [-0.15, -0.1) is 0 Å². The number of ketones is 1. The van der Waals surface area contributed by atoms with Crippen LogP contribution >= 0.6 is 0 Å². The lowest BCUT2D eigenvalue weighted by atomic mass is 9.93. The van der Waals surface area contributed by atoms with Crippen molar-refractivity contribution < 1.29 is 19.2 Å². The molecule has 0 fully saturated rings. The van der Waals surface area contributed by atoms with Crippen LogP contribution in [0.15, 0.2) is 42.5 Å². The van der Waals surface area contributed by atoms with Crippen molar-refractivity contribution in [1.29, 1.82) is 0 Å². The first-order valence-corrected chi connectivity index (χ1v) is 9.77. The van der Waals surface area contributed by atoms with Gasteiger partial charge in [-0.1, -0.05) is 30.3 Å². The molecule has 1 aliphatic rings. The monoisotopic (exact) mass is 399 g/mol. The summed E-state index contributed by atoms with van der Waals surface area (Å²) in [5.74, 6) is -1.58. The fourth-order valence-electron chi connectivity index (χ4n) is 2.95. The van der Waals surface area contributed by atoms with Gasteiger partial charge in [0.05, 0.1) is 6.54 Å². The van der Waals surface area contributed by atoms with Gasteiger partial charge in [-0.3, -0.25) is 24.1 Å². The maximum absolute atomic E-state index is 12.7. The molecule has 29 heavy (non-hydrogen) atoms. The van der Waals surface area contributed by atoms with Gasteiger partial charge in [0.15, 0.2) is 0 Å². The van der Waals surface area contributed by atoms with E-state index < -0.39 is 5.92 Å². The first kappa shape index (κ1) is 22.5. The fraction of sp³-hybridized carbons (Fsp3) is 0.455. The van der Waals surface area contributed by atoms with Crippen LogP contribution in [0, 0.1) is 5.92 Å². The molecule has 156 valence electrons. The van der Waals surface area contributed by atoms with E-state index in [-0.39, 0.29) is 55.1 Å². The predicted octanol–water partition coefficient (Wildman–Crippen LogP) is 1.23. The summed E-state index contributed by atoms with van der Waals surface area (Å²) in [4.78, 5) is 49.4. The van der Waals surface area contributed by atoms with E-state index in [2.05, 4.69) is 10.6 Å². The molecule has 0 saturated heterocycles. The van der Waals surface area contributed by atoms with Crippen molar-refractivity contribution in [2.75, 3.05) is 19.6 Å². The molecule has 7 heteroatoms. The number of nitrogens with zero attached hydrogens (tertiary/aromatic N) is 1. The second-order valence-corrected chi connectivity index (χ2v) is 8.19. The standard InChI is InChI=1S/C22H29N3O4/c1-22(2,3)24-15-18(26)14-17(13-16-7-5-4-6-8-16)21(29)23-11-12-25-19(27)9-10-20(25)28/h4-10,17,24H,11-15H2,1-3H3,(H,23,29)/t17-/m1/s1. The van der Waals surface area contributed by atoms with Crippen LogP contribution in [0.4, 0.5) is 0 Å². The molecule has 2 N–H and O–H groups in total. The minimum atomic E-state index is -0.519. The van der Waals surface area contributed by atoms with Gasteiger partial charge in [0.25, 0.3) is 11.8 Å². The minimum absolute atomic E-state index is 0.0369. The van der Waals surface area contributed by atoms with E-state index in [0.29, 0.717) is 6.42 Å². The molecule has 0 radical (unpaired) electrons. The van der Waals surface area contributed by atoms with Crippen molar-refractivity contribution >= 4 is 23.5 Å². The Morgan fingerprint density at radius 1 is 1.03 bits per heavy atom. The summed E-state index contributed by atoms with van der Waals surface area (Å²) in [5, 5.41) is 5.91. The SMILES string of the molecule is CC(C)(C)NCC(=O)C[C@@H](Cc1ccccc1)C(=O)NCCN1C(=O)C=CC1=O. The largest absolute Gasteiger partial charge is 0.354 e. The van der Waals surface area contributed by atoms with Gasteiger partial charge in [0.2, 0.25) is 5.91 Å². The zero-order chi connectivity index (χ0) is 21.4. The molecule has 0 spiro atoms. The predicted molar refractivity (Wildman–Crippen MR) is 110 cm³/mol. The van der Waals surface area contributed by atoms with Gasteiger partial charge in [-0.25, -0.2) is 0 Å². The Hall–Kier alpha value is -2.80. The third-order valence-electron chi connectivity index (χ3n) is 4.52. The molecule has 1 atom stereocenters. The van der Waals surface area contributed by atoms with Crippen molar-refractivity contribution in [3.63, 3.8) is 0 Å². The van der Waals surface area contributed by atoms with Crippen LogP contribution < -0.4 is 10.6 Å². The molecule has 1 aromatic carbocycles. The molecule has 2 rings (SSSR count). The lowest BCUT2D eigenvalue weighted by Crippen LogP contribution is -2.42. The lowest BCUT2D eigenvalue weighted by Gasteiger charge is -2.22. The van der Waals surface area contributed by atoms with Crippen molar-refractivity contribution in [3.05, 3.63) is 48.0 Å². The van der Waals surface area contributed by atoms with E-state index >= 15 is 0 Å². The molecule has 0 aliphatic carbocycles. The van der Waals surface area contributed by atoms with Crippen molar-refractivity contribution in [1.82, 2.24) is 15.5 Å². The van der Waals surface area contributed by atoms with Crippen LogP contribution in [0.2, 0.25) is 0 Å². The van der Waals surface area contributed by atoms with Gasteiger partial charge in [0, 0.05) is 43.1 Å². The zero-order valence-corrected chi connectivity index (χ0v) is 17.2. The van der Waals surface area contributed by atoms with E-state index in [1.54, 1.807) is 0 Å². The van der Waals surface area contributed by atoms with Crippen molar-refractivity contribution in [2.45, 2.75) is 39.2 Å². The highest BCUT2D eigenvalue weighted by atomic mass is 16.2. The lowest BCUT2D eigenvalue weighted by molar-refractivity contribution is -0.137. The van der Waals surface area contributed by atoms with Crippen LogP contribution in [-0.4, -0.2) is 53.6 Å². The Balaban J connectivity index is 1.94. The third-order valence-corrected chi connectivity index (χ3v) is 4.52. The van der Waals surface area contributed by atoms with Gasteiger partial charge in [-0.05, 0) is 32.8 Å². The van der Waals surface area contributed by atoms with E-state index in [0.717, 1.165) is 10.5 Å². The first-order valence-electron chi connectivity index (χ1n) is 9.77. The van der Waals surface area contributed by atoms with Crippen LogP contribution in [0.25, 0.3) is 0 Å². The number of imide groups is 1. The summed E-state index contributed by atoms with van der Waals surface area (Å²) in [6.07, 6.45) is 2.98. The Kier molecular flexibility index (Phi) is 7.84. The maximum Gasteiger partial charge on any atom is 0.253 e. The number of amides is 3. The summed E-state index contributed by atoms with van der Waals surface area (Å²) in [6.45, 7) is 6.38. The fourth-order valence-corrected chi connectivity index (χ4v) is 2.95. The third kappa shape index (κ3) is 7.62. The van der Waals surface area contributed by atoms with Gasteiger partial charge in [-0.2, -0.15) is 0 Å². The summed E-state index contributed by atoms with van der Waals surface area (Å²) in [5.41, 5.74) is 0.786. The second-order valence-electron chi connectivity index (χ2n) is 8.19. The number of hydrogen-bond acceptors (Lipinski definition) is 5. The zero-order valence-electron chi connectivity index (χ0n) is 17.2. The molecule has 0 unspecified atom stereocenters. The van der Waals surface area contributed by atoms with Gasteiger partial charge < -0.3 is 10.6 Å². The minimum Gasteiger partial charge on any atom is -0.354 e. The highest BCUT2D eigenvalue weighted by Gasteiger charge is 2.25.